The van der Waals surface area contributed by atoms with E-state index < -0.39 is 0 Å². The Bertz CT molecular complexity index is 422. The highest BCUT2D eigenvalue weighted by Crippen LogP contribution is 2.29. The van der Waals surface area contributed by atoms with Crippen LogP contribution in [0.2, 0.25) is 0 Å². The van der Waals surface area contributed by atoms with Gasteiger partial charge in [-0.1, -0.05) is 28.1 Å². The average molecular weight is 269 g/mol. The predicted molar refractivity (Wildman–Crippen MR) is 65.3 cm³/mol. The zero-order chi connectivity index (χ0) is 9.97. The number of nitrogens with one attached hydrogen (secondary N) is 1. The van der Waals surface area contributed by atoms with Crippen LogP contribution < -0.4 is 11.3 Å². The molecule has 0 saturated carbocycles. The molecule has 0 atom stereocenters. The minimum Gasteiger partial charge on any atom is -0.315 e. The van der Waals surface area contributed by atoms with E-state index in [0.29, 0.717) is 0 Å². The van der Waals surface area contributed by atoms with Crippen molar-refractivity contribution in [3.05, 3.63) is 40.2 Å². The fourth-order valence-electron chi connectivity index (χ4n) is 1.21. The lowest BCUT2D eigenvalue weighted by molar-refractivity contribution is 1.39. The highest BCUT2D eigenvalue weighted by molar-refractivity contribution is 9.10. The summed E-state index contributed by atoms with van der Waals surface area (Å²) in [6.07, 6.45) is 0. The van der Waals surface area contributed by atoms with E-state index in [-0.39, 0.29) is 0 Å². The number of hydrogen-bond donors (Lipinski definition) is 2. The van der Waals surface area contributed by atoms with Crippen molar-refractivity contribution in [2.75, 3.05) is 5.43 Å². The Hall–Kier alpha value is -0.840. The molecular weight excluding hydrogens is 260 g/mol. The minimum absolute atomic E-state index is 0.975. The number of hydrogen-bond acceptors (Lipinski definition) is 3. The lowest BCUT2D eigenvalue weighted by Crippen LogP contribution is -2.04. The first kappa shape index (κ1) is 9.71. The van der Waals surface area contributed by atoms with Crippen molar-refractivity contribution < 1.29 is 0 Å². The number of benzene rings is 1. The van der Waals surface area contributed by atoms with Crippen molar-refractivity contribution in [3.63, 3.8) is 0 Å². The maximum Gasteiger partial charge on any atom is 0.103 e. The standard InChI is InChI=1S/C10H9BrN2S/c11-9-3-1-7(2-4-9)8-5-10(13-12)14-6-8/h1-6,13H,12H2. The Balaban J connectivity index is 2.34. The second-order valence-electron chi connectivity index (χ2n) is 2.85. The average Bonchev–Trinajstić information content (AvgIpc) is 2.67. The number of halogens is 1. The van der Waals surface area contributed by atoms with Gasteiger partial charge in [-0.3, -0.25) is 0 Å². The van der Waals surface area contributed by atoms with Crippen LogP contribution in [0.15, 0.2) is 40.2 Å². The maximum absolute atomic E-state index is 5.32. The summed E-state index contributed by atoms with van der Waals surface area (Å²) in [6, 6.07) is 10.2. The quantitative estimate of drug-likeness (QED) is 0.647. The second kappa shape index (κ2) is 4.13. The Morgan fingerprint density at radius 1 is 1.14 bits per heavy atom. The van der Waals surface area contributed by atoms with Crippen molar-refractivity contribution in [2.24, 2.45) is 5.84 Å². The van der Waals surface area contributed by atoms with E-state index in [1.54, 1.807) is 11.3 Å². The molecule has 14 heavy (non-hydrogen) atoms. The fourth-order valence-corrected chi connectivity index (χ4v) is 2.19. The first-order valence-corrected chi connectivity index (χ1v) is 5.78. The van der Waals surface area contributed by atoms with E-state index in [2.05, 4.69) is 38.9 Å². The van der Waals surface area contributed by atoms with Crippen molar-refractivity contribution >= 4 is 32.3 Å². The number of anilines is 1. The minimum atomic E-state index is 0.975. The van der Waals surface area contributed by atoms with E-state index in [9.17, 15) is 0 Å². The Morgan fingerprint density at radius 2 is 1.86 bits per heavy atom. The van der Waals surface area contributed by atoms with Gasteiger partial charge < -0.3 is 5.43 Å². The summed E-state index contributed by atoms with van der Waals surface area (Å²) >= 11 is 5.01. The van der Waals surface area contributed by atoms with Gasteiger partial charge in [0.25, 0.3) is 0 Å². The molecule has 0 aliphatic heterocycles. The van der Waals surface area contributed by atoms with E-state index in [1.807, 2.05) is 18.2 Å². The fraction of sp³-hybridized carbons (Fsp3) is 0. The third-order valence-corrected chi connectivity index (χ3v) is 3.31. The van der Waals surface area contributed by atoms with Gasteiger partial charge >= 0.3 is 0 Å². The molecule has 0 saturated heterocycles. The van der Waals surface area contributed by atoms with Gasteiger partial charge in [-0.05, 0) is 29.3 Å². The molecule has 0 spiro atoms. The van der Waals surface area contributed by atoms with Crippen LogP contribution in [0, 0.1) is 0 Å². The zero-order valence-corrected chi connectivity index (χ0v) is 9.73. The smallest absolute Gasteiger partial charge is 0.103 e. The summed E-state index contributed by atoms with van der Waals surface area (Å²) in [7, 11) is 0. The van der Waals surface area contributed by atoms with Crippen LogP contribution in [0.1, 0.15) is 0 Å². The summed E-state index contributed by atoms with van der Waals surface area (Å²) in [5, 5.41) is 3.06. The van der Waals surface area contributed by atoms with Gasteiger partial charge in [0.2, 0.25) is 0 Å². The van der Waals surface area contributed by atoms with Gasteiger partial charge in [0, 0.05) is 9.85 Å². The highest BCUT2D eigenvalue weighted by atomic mass is 79.9. The second-order valence-corrected chi connectivity index (χ2v) is 4.68. The molecule has 3 N–H and O–H groups in total. The molecule has 2 aromatic rings. The topological polar surface area (TPSA) is 38.0 Å². The number of rotatable bonds is 2. The van der Waals surface area contributed by atoms with Gasteiger partial charge in [-0.2, -0.15) is 0 Å². The van der Waals surface area contributed by atoms with Crippen molar-refractivity contribution in [1.29, 1.82) is 0 Å². The zero-order valence-electron chi connectivity index (χ0n) is 7.33. The molecular formula is C10H9BrN2S. The molecule has 0 aliphatic carbocycles. The van der Waals surface area contributed by atoms with Crippen LogP contribution in [0.4, 0.5) is 5.00 Å². The first-order valence-electron chi connectivity index (χ1n) is 4.10. The van der Waals surface area contributed by atoms with Crippen LogP contribution in [-0.4, -0.2) is 0 Å². The molecule has 0 radical (unpaired) electrons. The van der Waals surface area contributed by atoms with Crippen LogP contribution in [0.3, 0.4) is 0 Å². The predicted octanol–water partition coefficient (Wildman–Crippen LogP) is 3.46. The molecule has 0 unspecified atom stereocenters. The first-order chi connectivity index (χ1) is 6.79. The molecule has 2 nitrogen and oxygen atoms in total. The lowest BCUT2D eigenvalue weighted by atomic mass is 10.1. The molecule has 1 heterocycles. The summed E-state index contributed by atoms with van der Waals surface area (Å²) < 4.78 is 1.09. The molecule has 0 bridgehead atoms. The summed E-state index contributed by atoms with van der Waals surface area (Å²) in [5.41, 5.74) is 5.03. The Labute approximate surface area is 94.9 Å². The summed E-state index contributed by atoms with van der Waals surface area (Å²) in [5.74, 6) is 5.32. The van der Waals surface area contributed by atoms with Gasteiger partial charge in [0.05, 0.1) is 0 Å². The normalized spacial score (nSPS) is 10.1. The monoisotopic (exact) mass is 268 g/mol. The molecule has 0 aliphatic rings. The number of hydrazine groups is 1. The van der Waals surface area contributed by atoms with E-state index in [0.717, 1.165) is 9.47 Å². The van der Waals surface area contributed by atoms with Crippen LogP contribution in [-0.2, 0) is 0 Å². The molecule has 4 heteroatoms. The number of thiophene rings is 1. The third kappa shape index (κ3) is 1.97. The molecule has 0 fully saturated rings. The van der Waals surface area contributed by atoms with E-state index in [1.165, 1.54) is 11.1 Å². The van der Waals surface area contributed by atoms with E-state index in [4.69, 9.17) is 5.84 Å². The molecule has 0 amide bonds. The number of nitrogens with two attached hydrogens (primary N) is 1. The Kier molecular flexibility index (Phi) is 2.86. The van der Waals surface area contributed by atoms with Crippen LogP contribution >= 0.6 is 27.3 Å². The SMILES string of the molecule is NNc1cc(-c2ccc(Br)cc2)cs1. The lowest BCUT2D eigenvalue weighted by Gasteiger charge is -1.97. The van der Waals surface area contributed by atoms with Crippen molar-refractivity contribution in [2.45, 2.75) is 0 Å². The Morgan fingerprint density at radius 3 is 2.43 bits per heavy atom. The van der Waals surface area contributed by atoms with Crippen LogP contribution in [0.5, 0.6) is 0 Å². The largest absolute Gasteiger partial charge is 0.315 e. The number of nitrogen functional groups attached to an aromatic ring is 1. The molecule has 72 valence electrons. The third-order valence-electron chi connectivity index (χ3n) is 1.92. The maximum atomic E-state index is 5.32. The van der Waals surface area contributed by atoms with Gasteiger partial charge in [-0.15, -0.1) is 11.3 Å². The van der Waals surface area contributed by atoms with Crippen LogP contribution in [0.25, 0.3) is 11.1 Å². The summed E-state index contributed by atoms with van der Waals surface area (Å²) in [4.78, 5) is 0. The van der Waals surface area contributed by atoms with Crippen molar-refractivity contribution in [3.8, 4) is 11.1 Å². The van der Waals surface area contributed by atoms with Gasteiger partial charge in [0.1, 0.15) is 5.00 Å². The van der Waals surface area contributed by atoms with Gasteiger partial charge in [-0.25, -0.2) is 5.84 Å². The highest BCUT2D eigenvalue weighted by Gasteiger charge is 2.00. The molecule has 2 rings (SSSR count). The summed E-state index contributed by atoms with van der Waals surface area (Å²) in [6.45, 7) is 0. The molecule has 1 aromatic carbocycles. The molecule has 1 aromatic heterocycles. The van der Waals surface area contributed by atoms with Gasteiger partial charge in [0.15, 0.2) is 0 Å². The van der Waals surface area contributed by atoms with Crippen molar-refractivity contribution in [1.82, 2.24) is 0 Å². The van der Waals surface area contributed by atoms with E-state index >= 15 is 0 Å².